The van der Waals surface area contributed by atoms with Gasteiger partial charge >= 0.3 is 5.97 Å². The third kappa shape index (κ3) is 5.52. The second kappa shape index (κ2) is 10.5. The van der Waals surface area contributed by atoms with E-state index in [-0.39, 0.29) is 0 Å². The van der Waals surface area contributed by atoms with Gasteiger partial charge < -0.3 is 14.4 Å². The molecule has 0 aliphatic heterocycles. The van der Waals surface area contributed by atoms with Gasteiger partial charge in [-0.2, -0.15) is 0 Å². The van der Waals surface area contributed by atoms with Crippen LogP contribution < -0.4 is 4.74 Å². The first kappa shape index (κ1) is 22.1. The highest BCUT2D eigenvalue weighted by Gasteiger charge is 2.15. The molecule has 0 fully saturated rings. The minimum absolute atomic E-state index is 0.307. The molecule has 0 unspecified atom stereocenters. The zero-order valence-corrected chi connectivity index (χ0v) is 18.7. The number of halogens is 1. The Labute approximate surface area is 185 Å². The lowest BCUT2D eigenvalue weighted by Crippen LogP contribution is -2.09. The number of methoxy groups -OCH3 is 1. The van der Waals surface area contributed by atoms with Gasteiger partial charge in [-0.05, 0) is 36.3 Å². The number of ether oxygens (including phenoxy) is 1. The van der Waals surface area contributed by atoms with Crippen molar-refractivity contribution in [2.45, 2.75) is 39.2 Å². The molecule has 2 heterocycles. The molecule has 1 aromatic carbocycles. The Balaban J connectivity index is 1.96. The SMILES string of the molecule is CCCCc1ncc(/C=C(\Cc2ccc(OC)s2)C(=O)O)n1Cc1ccccc1Cl. The number of unbranched alkanes of at least 4 members (excludes halogenated alkanes) is 1. The van der Waals surface area contributed by atoms with Crippen molar-refractivity contribution in [3.8, 4) is 5.06 Å². The molecule has 0 aliphatic rings. The smallest absolute Gasteiger partial charge is 0.332 e. The highest BCUT2D eigenvalue weighted by molar-refractivity contribution is 7.13. The molecule has 0 bridgehead atoms. The van der Waals surface area contributed by atoms with Crippen molar-refractivity contribution in [1.29, 1.82) is 0 Å². The molecular formula is C23H25ClN2O3S. The van der Waals surface area contributed by atoms with Crippen molar-refractivity contribution in [3.63, 3.8) is 0 Å². The predicted octanol–water partition coefficient (Wildman–Crippen LogP) is 5.71. The number of carbonyl (C=O) groups is 1. The number of benzene rings is 1. The van der Waals surface area contributed by atoms with Crippen LogP contribution in [0.1, 0.15) is 41.7 Å². The Morgan fingerprint density at radius 2 is 2.10 bits per heavy atom. The molecule has 0 amide bonds. The molecule has 0 radical (unpaired) electrons. The first-order valence-electron chi connectivity index (χ1n) is 9.86. The maximum absolute atomic E-state index is 11.9. The summed E-state index contributed by atoms with van der Waals surface area (Å²) in [6.07, 6.45) is 6.70. The predicted molar refractivity (Wildman–Crippen MR) is 122 cm³/mol. The fourth-order valence-electron chi connectivity index (χ4n) is 3.18. The van der Waals surface area contributed by atoms with Crippen LogP contribution in [0.2, 0.25) is 5.02 Å². The quantitative estimate of drug-likeness (QED) is 0.407. The van der Waals surface area contributed by atoms with E-state index in [1.54, 1.807) is 19.4 Å². The number of carboxylic acid groups (broad SMARTS) is 1. The normalized spacial score (nSPS) is 11.6. The van der Waals surface area contributed by atoms with Crippen LogP contribution in [-0.2, 0) is 24.2 Å². The molecular weight excluding hydrogens is 420 g/mol. The molecule has 7 heteroatoms. The number of aromatic nitrogens is 2. The minimum Gasteiger partial charge on any atom is -0.487 e. The van der Waals surface area contributed by atoms with Crippen LogP contribution in [0.25, 0.3) is 6.08 Å². The molecule has 3 aromatic rings. The minimum atomic E-state index is -0.942. The first-order chi connectivity index (χ1) is 14.5. The summed E-state index contributed by atoms with van der Waals surface area (Å²) in [5, 5.41) is 11.2. The summed E-state index contributed by atoms with van der Waals surface area (Å²) >= 11 is 7.82. The Morgan fingerprint density at radius 3 is 2.77 bits per heavy atom. The molecule has 2 aromatic heterocycles. The fourth-order valence-corrected chi connectivity index (χ4v) is 4.21. The summed E-state index contributed by atoms with van der Waals surface area (Å²) in [5.74, 6) is -0.00600. The number of imidazole rings is 1. The zero-order chi connectivity index (χ0) is 21.5. The van der Waals surface area contributed by atoms with Crippen LogP contribution in [0.5, 0.6) is 5.06 Å². The molecule has 0 atom stereocenters. The summed E-state index contributed by atoms with van der Waals surface area (Å²) in [6, 6.07) is 11.4. The number of hydrogen-bond acceptors (Lipinski definition) is 4. The van der Waals surface area contributed by atoms with Gasteiger partial charge in [-0.1, -0.05) is 43.1 Å². The van der Waals surface area contributed by atoms with Gasteiger partial charge in [0.2, 0.25) is 0 Å². The van der Waals surface area contributed by atoms with E-state index >= 15 is 0 Å². The van der Waals surface area contributed by atoms with E-state index < -0.39 is 5.97 Å². The first-order valence-corrected chi connectivity index (χ1v) is 11.1. The number of rotatable bonds is 10. The van der Waals surface area contributed by atoms with Gasteiger partial charge in [0.15, 0.2) is 5.06 Å². The lowest BCUT2D eigenvalue weighted by molar-refractivity contribution is -0.132. The number of aliphatic carboxylic acids is 1. The number of nitrogens with zero attached hydrogens (tertiary/aromatic N) is 2. The highest BCUT2D eigenvalue weighted by Crippen LogP contribution is 2.27. The number of thiophene rings is 1. The van der Waals surface area contributed by atoms with Gasteiger partial charge in [-0.15, -0.1) is 11.3 Å². The summed E-state index contributed by atoms with van der Waals surface area (Å²) < 4.78 is 7.28. The molecule has 0 aliphatic carbocycles. The molecule has 1 N–H and O–H groups in total. The van der Waals surface area contributed by atoms with Gasteiger partial charge in [-0.25, -0.2) is 9.78 Å². The summed E-state index contributed by atoms with van der Waals surface area (Å²) in [6.45, 7) is 2.68. The summed E-state index contributed by atoms with van der Waals surface area (Å²) in [7, 11) is 1.61. The third-order valence-electron chi connectivity index (χ3n) is 4.81. The average Bonchev–Trinajstić information content (AvgIpc) is 3.34. The van der Waals surface area contributed by atoms with E-state index in [0.717, 1.165) is 46.3 Å². The monoisotopic (exact) mass is 444 g/mol. The van der Waals surface area contributed by atoms with Crippen LogP contribution >= 0.6 is 22.9 Å². The van der Waals surface area contributed by atoms with Crippen molar-refractivity contribution in [1.82, 2.24) is 9.55 Å². The van der Waals surface area contributed by atoms with E-state index in [9.17, 15) is 9.90 Å². The average molecular weight is 445 g/mol. The van der Waals surface area contributed by atoms with E-state index in [0.29, 0.717) is 23.6 Å². The standard InChI is InChI=1S/C23H25ClN2O3S/c1-3-4-9-21-25-14-18(26(21)15-16-7-5-6-8-20(16)24)12-17(23(27)28)13-19-10-11-22(29-2)30-19/h5-8,10-12,14H,3-4,9,13,15H2,1-2H3,(H,27,28)/b17-12+. The molecule has 158 valence electrons. The van der Waals surface area contributed by atoms with Crippen LogP contribution in [0.15, 0.2) is 48.2 Å². The van der Waals surface area contributed by atoms with Gasteiger partial charge in [0.05, 0.1) is 25.5 Å². The van der Waals surface area contributed by atoms with Gasteiger partial charge in [0.25, 0.3) is 0 Å². The molecule has 3 rings (SSSR count). The van der Waals surface area contributed by atoms with Crippen molar-refractivity contribution in [2.75, 3.05) is 7.11 Å². The topological polar surface area (TPSA) is 64.3 Å². The van der Waals surface area contributed by atoms with Crippen LogP contribution in [0.3, 0.4) is 0 Å². The lowest BCUT2D eigenvalue weighted by Gasteiger charge is -2.12. The molecule has 30 heavy (non-hydrogen) atoms. The number of hydrogen-bond donors (Lipinski definition) is 1. The van der Waals surface area contributed by atoms with Crippen LogP contribution in [0.4, 0.5) is 0 Å². The van der Waals surface area contributed by atoms with Crippen molar-refractivity contribution < 1.29 is 14.6 Å². The second-order valence-electron chi connectivity index (χ2n) is 6.96. The lowest BCUT2D eigenvalue weighted by atomic mass is 10.1. The fraction of sp³-hybridized carbons (Fsp3) is 0.304. The highest BCUT2D eigenvalue weighted by atomic mass is 35.5. The maximum atomic E-state index is 11.9. The Morgan fingerprint density at radius 1 is 1.30 bits per heavy atom. The van der Waals surface area contributed by atoms with Crippen molar-refractivity contribution in [3.05, 3.63) is 75.1 Å². The largest absolute Gasteiger partial charge is 0.487 e. The van der Waals surface area contributed by atoms with Gasteiger partial charge in [0.1, 0.15) is 5.82 Å². The molecule has 5 nitrogen and oxygen atoms in total. The van der Waals surface area contributed by atoms with E-state index in [1.807, 2.05) is 36.4 Å². The van der Waals surface area contributed by atoms with Crippen molar-refractivity contribution in [2.24, 2.45) is 0 Å². The second-order valence-corrected chi connectivity index (χ2v) is 8.49. The van der Waals surface area contributed by atoms with Gasteiger partial charge in [0, 0.05) is 28.3 Å². The van der Waals surface area contributed by atoms with E-state index in [4.69, 9.17) is 16.3 Å². The molecule has 0 saturated carbocycles. The van der Waals surface area contributed by atoms with Crippen LogP contribution in [-0.4, -0.2) is 27.7 Å². The number of carboxylic acids is 1. The summed E-state index contributed by atoms with van der Waals surface area (Å²) in [5.41, 5.74) is 2.05. The Bertz CT molecular complexity index is 1040. The summed E-state index contributed by atoms with van der Waals surface area (Å²) in [4.78, 5) is 17.5. The van der Waals surface area contributed by atoms with Gasteiger partial charge in [-0.3, -0.25) is 0 Å². The Hall–Kier alpha value is -2.57. The maximum Gasteiger partial charge on any atom is 0.332 e. The molecule has 0 saturated heterocycles. The van der Waals surface area contributed by atoms with E-state index in [1.165, 1.54) is 11.3 Å². The van der Waals surface area contributed by atoms with Crippen LogP contribution in [0, 0.1) is 0 Å². The van der Waals surface area contributed by atoms with Crippen molar-refractivity contribution >= 4 is 35.0 Å². The number of aryl methyl sites for hydroxylation is 1. The zero-order valence-electron chi connectivity index (χ0n) is 17.1. The van der Waals surface area contributed by atoms with E-state index in [2.05, 4.69) is 16.5 Å². The third-order valence-corrected chi connectivity index (χ3v) is 6.22. The molecule has 0 spiro atoms. The Kier molecular flexibility index (Phi) is 7.71.